The second-order valence-corrected chi connectivity index (χ2v) is 14.2. The van der Waals surface area contributed by atoms with E-state index in [9.17, 15) is 16.8 Å². The van der Waals surface area contributed by atoms with E-state index in [4.69, 9.17) is 14.2 Å². The Morgan fingerprint density at radius 2 is 1.34 bits per heavy atom. The van der Waals surface area contributed by atoms with Crippen LogP contribution in [0.3, 0.4) is 0 Å². The van der Waals surface area contributed by atoms with Crippen molar-refractivity contribution in [3.8, 4) is 11.5 Å². The summed E-state index contributed by atoms with van der Waals surface area (Å²) in [6.45, 7) is 1.82. The van der Waals surface area contributed by atoms with E-state index >= 15 is 0 Å². The van der Waals surface area contributed by atoms with Crippen LogP contribution < -0.4 is 9.47 Å². The van der Waals surface area contributed by atoms with Crippen LogP contribution in [-0.4, -0.2) is 53.0 Å². The number of methoxy groups -OCH3 is 3. The van der Waals surface area contributed by atoms with Gasteiger partial charge in [0.1, 0.15) is 0 Å². The van der Waals surface area contributed by atoms with Crippen LogP contribution in [0.2, 0.25) is 0 Å². The Morgan fingerprint density at radius 1 is 0.705 bits per heavy atom. The molecule has 0 spiro atoms. The lowest BCUT2D eigenvalue weighted by Gasteiger charge is -2.39. The first-order valence-electron chi connectivity index (χ1n) is 13.9. The van der Waals surface area contributed by atoms with E-state index in [1.807, 2.05) is 19.1 Å². The number of para-hydroxylation sites is 1. The second kappa shape index (κ2) is 11.4. The topological polar surface area (TPSA) is 104 Å². The fraction of sp³-hybridized carbons (Fsp3) is 0.212. The molecule has 1 aromatic heterocycles. The third kappa shape index (κ3) is 4.76. The zero-order valence-electron chi connectivity index (χ0n) is 24.7. The normalized spacial score (nSPS) is 17.4. The zero-order chi connectivity index (χ0) is 31.2. The molecule has 1 aliphatic rings. The highest BCUT2D eigenvalue weighted by atomic mass is 32.2. The fourth-order valence-corrected chi connectivity index (χ4v) is 9.10. The first kappa shape index (κ1) is 29.9. The third-order valence-corrected chi connectivity index (χ3v) is 11.6. The van der Waals surface area contributed by atoms with Crippen molar-refractivity contribution >= 4 is 30.9 Å². The Labute approximate surface area is 257 Å². The van der Waals surface area contributed by atoms with Crippen molar-refractivity contribution in [2.24, 2.45) is 0 Å². The highest BCUT2D eigenvalue weighted by Gasteiger charge is 2.46. The van der Waals surface area contributed by atoms with Crippen LogP contribution in [0.5, 0.6) is 11.5 Å². The second-order valence-electron chi connectivity index (χ2n) is 10.5. The standard InChI is InChI=1S/C33H32N2O7S2/c1-22-14-17-25(18-15-22)43(36,37)34-21-30(42-4)31-26-12-8-9-13-27(26)35(44(38,39)24-10-6-5-7-11-24)33(31)32(34)23-16-19-28(40-2)29(20-23)41-3/h5-20,30,32H,21H2,1-4H3. The molecule has 2 unspecified atom stereocenters. The molecule has 0 saturated heterocycles. The summed E-state index contributed by atoms with van der Waals surface area (Å²) in [4.78, 5) is 0.155. The quantitative estimate of drug-likeness (QED) is 0.217. The SMILES string of the molecule is COc1ccc(C2c3c(c4ccccc4n3S(=O)(=O)c3ccccc3)C(OC)CN2S(=O)(=O)c2ccc(C)cc2)cc1OC. The van der Waals surface area contributed by atoms with Gasteiger partial charge in [0.05, 0.1) is 47.4 Å². The summed E-state index contributed by atoms with van der Waals surface area (Å²) in [7, 11) is -3.90. The lowest BCUT2D eigenvalue weighted by molar-refractivity contribution is 0.0681. The molecule has 0 fully saturated rings. The first-order chi connectivity index (χ1) is 21.1. The summed E-state index contributed by atoms with van der Waals surface area (Å²) in [5.74, 6) is 0.828. The van der Waals surface area contributed by atoms with Crippen LogP contribution in [0.25, 0.3) is 10.9 Å². The molecule has 4 aromatic carbocycles. The van der Waals surface area contributed by atoms with Gasteiger partial charge in [-0.05, 0) is 55.0 Å². The predicted octanol–water partition coefficient (Wildman–Crippen LogP) is 5.69. The van der Waals surface area contributed by atoms with Crippen molar-refractivity contribution in [3.63, 3.8) is 0 Å². The average Bonchev–Trinajstić information content (AvgIpc) is 3.40. The molecule has 0 N–H and O–H groups in total. The van der Waals surface area contributed by atoms with E-state index in [0.29, 0.717) is 33.5 Å². The number of hydrogen-bond donors (Lipinski definition) is 0. The molecule has 0 saturated carbocycles. The minimum Gasteiger partial charge on any atom is -0.493 e. The molecule has 0 bridgehead atoms. The van der Waals surface area contributed by atoms with Gasteiger partial charge in [0, 0.05) is 24.6 Å². The van der Waals surface area contributed by atoms with Gasteiger partial charge in [-0.2, -0.15) is 4.31 Å². The highest BCUT2D eigenvalue weighted by molar-refractivity contribution is 7.90. The summed E-state index contributed by atoms with van der Waals surface area (Å²) < 4.78 is 77.8. The summed E-state index contributed by atoms with van der Waals surface area (Å²) >= 11 is 0. The van der Waals surface area contributed by atoms with Crippen LogP contribution in [0.1, 0.15) is 34.5 Å². The van der Waals surface area contributed by atoms with E-state index in [1.165, 1.54) is 41.7 Å². The summed E-state index contributed by atoms with van der Waals surface area (Å²) in [6, 6.07) is 25.9. The van der Waals surface area contributed by atoms with E-state index in [0.717, 1.165) is 5.56 Å². The minimum atomic E-state index is -4.22. The van der Waals surface area contributed by atoms with Gasteiger partial charge in [-0.3, -0.25) is 0 Å². The average molecular weight is 633 g/mol. The molecular weight excluding hydrogens is 601 g/mol. The number of sulfonamides is 1. The minimum absolute atomic E-state index is 0.0574. The highest BCUT2D eigenvalue weighted by Crippen LogP contribution is 2.49. The van der Waals surface area contributed by atoms with Gasteiger partial charge in [-0.25, -0.2) is 20.8 Å². The van der Waals surface area contributed by atoms with Crippen LogP contribution in [0.4, 0.5) is 0 Å². The summed E-state index contributed by atoms with van der Waals surface area (Å²) in [5, 5.41) is 0.659. The Kier molecular flexibility index (Phi) is 7.75. The van der Waals surface area contributed by atoms with Gasteiger partial charge in [-0.15, -0.1) is 0 Å². The van der Waals surface area contributed by atoms with E-state index < -0.39 is 32.2 Å². The zero-order valence-corrected chi connectivity index (χ0v) is 26.3. The Morgan fingerprint density at radius 3 is 2.00 bits per heavy atom. The molecule has 0 aliphatic carbocycles. The molecule has 228 valence electrons. The van der Waals surface area contributed by atoms with Gasteiger partial charge in [-0.1, -0.05) is 60.2 Å². The van der Waals surface area contributed by atoms with Crippen molar-refractivity contribution < 1.29 is 31.0 Å². The first-order valence-corrected chi connectivity index (χ1v) is 16.8. The molecule has 9 nitrogen and oxygen atoms in total. The molecule has 44 heavy (non-hydrogen) atoms. The Bertz CT molecular complexity index is 2060. The van der Waals surface area contributed by atoms with E-state index in [2.05, 4.69) is 0 Å². The molecule has 0 radical (unpaired) electrons. The number of aryl methyl sites for hydroxylation is 1. The van der Waals surface area contributed by atoms with Crippen molar-refractivity contribution in [3.05, 3.63) is 119 Å². The summed E-state index contributed by atoms with van der Waals surface area (Å²) in [6.07, 6.45) is -0.765. The number of fused-ring (bicyclic) bond motifs is 3. The number of benzene rings is 4. The molecule has 2 heterocycles. The third-order valence-electron chi connectivity index (χ3n) is 8.04. The maximum Gasteiger partial charge on any atom is 0.268 e. The van der Waals surface area contributed by atoms with Crippen LogP contribution >= 0.6 is 0 Å². The number of rotatable bonds is 8. The lowest BCUT2D eigenvalue weighted by Crippen LogP contribution is -2.44. The predicted molar refractivity (Wildman–Crippen MR) is 167 cm³/mol. The van der Waals surface area contributed by atoms with E-state index in [1.54, 1.807) is 72.8 Å². The number of aromatic nitrogens is 1. The summed E-state index contributed by atoms with van der Waals surface area (Å²) in [5.41, 5.74) is 2.71. The largest absolute Gasteiger partial charge is 0.493 e. The number of hydrogen-bond acceptors (Lipinski definition) is 7. The number of nitrogens with zero attached hydrogens (tertiary/aromatic N) is 2. The van der Waals surface area contributed by atoms with Crippen LogP contribution in [0.15, 0.2) is 107 Å². The maximum absolute atomic E-state index is 14.5. The molecule has 6 rings (SSSR count). The van der Waals surface area contributed by atoms with Gasteiger partial charge in [0.15, 0.2) is 11.5 Å². The van der Waals surface area contributed by atoms with Crippen molar-refractivity contribution in [2.45, 2.75) is 28.9 Å². The molecule has 1 aliphatic heterocycles. The monoisotopic (exact) mass is 632 g/mol. The Balaban J connectivity index is 1.74. The van der Waals surface area contributed by atoms with Gasteiger partial charge >= 0.3 is 0 Å². The van der Waals surface area contributed by atoms with Gasteiger partial charge < -0.3 is 14.2 Å². The smallest absolute Gasteiger partial charge is 0.268 e. The lowest BCUT2D eigenvalue weighted by atomic mass is 9.92. The van der Waals surface area contributed by atoms with Crippen molar-refractivity contribution in [2.75, 3.05) is 27.9 Å². The van der Waals surface area contributed by atoms with Crippen molar-refractivity contribution in [1.29, 1.82) is 0 Å². The molecule has 0 amide bonds. The molecule has 2 atom stereocenters. The van der Waals surface area contributed by atoms with Gasteiger partial charge in [0.2, 0.25) is 10.0 Å². The molecular formula is C33H32N2O7S2. The van der Waals surface area contributed by atoms with Gasteiger partial charge in [0.25, 0.3) is 10.0 Å². The fourth-order valence-electron chi connectivity index (χ4n) is 5.93. The van der Waals surface area contributed by atoms with E-state index in [-0.39, 0.29) is 22.0 Å². The number of ether oxygens (including phenoxy) is 3. The van der Waals surface area contributed by atoms with Crippen LogP contribution in [0, 0.1) is 6.92 Å². The van der Waals surface area contributed by atoms with Crippen LogP contribution in [-0.2, 0) is 24.8 Å². The van der Waals surface area contributed by atoms with Crippen molar-refractivity contribution in [1.82, 2.24) is 8.28 Å². The molecule has 11 heteroatoms. The molecule has 5 aromatic rings. The maximum atomic E-state index is 14.5. The Hall–Kier alpha value is -4.16.